The third-order valence-corrected chi connectivity index (χ3v) is 3.33. The molecule has 1 aliphatic rings. The molecule has 1 fully saturated rings. The molecule has 0 atom stereocenters. The third-order valence-electron chi connectivity index (χ3n) is 3.33. The van der Waals surface area contributed by atoms with Crippen LogP contribution < -0.4 is 11.1 Å². The van der Waals surface area contributed by atoms with E-state index in [1.807, 2.05) is 6.07 Å². The molecule has 1 aromatic rings. The molecule has 3 N–H and O–H groups in total. The fourth-order valence-corrected chi connectivity index (χ4v) is 2.16. The average Bonchev–Trinajstić information content (AvgIpc) is 2.35. The molecule has 1 aromatic carbocycles. The van der Waals surface area contributed by atoms with E-state index in [4.69, 9.17) is 15.2 Å². The van der Waals surface area contributed by atoms with E-state index in [2.05, 4.69) is 5.32 Å². The molecule has 5 heteroatoms. The Kier molecular flexibility index (Phi) is 4.27. The standard InChI is InChI=1S/C14H20N2O3/c1-3-19-14(17)12-6-9(15)4-5-13(12)16-10-7-11(8-10)18-2/h4-6,10-11,16H,3,7-8,15H2,1-2H3. The molecule has 1 saturated carbocycles. The highest BCUT2D eigenvalue weighted by Gasteiger charge is 2.29. The average molecular weight is 264 g/mol. The number of anilines is 2. The van der Waals surface area contributed by atoms with Gasteiger partial charge in [-0.3, -0.25) is 0 Å². The van der Waals surface area contributed by atoms with Crippen molar-refractivity contribution in [3.8, 4) is 0 Å². The summed E-state index contributed by atoms with van der Waals surface area (Å²) in [6.07, 6.45) is 2.21. The molecule has 5 nitrogen and oxygen atoms in total. The van der Waals surface area contributed by atoms with Gasteiger partial charge in [-0.2, -0.15) is 0 Å². The summed E-state index contributed by atoms with van der Waals surface area (Å²) in [7, 11) is 1.72. The second-order valence-electron chi connectivity index (χ2n) is 4.70. The van der Waals surface area contributed by atoms with Gasteiger partial charge < -0.3 is 20.5 Å². The van der Waals surface area contributed by atoms with Crippen molar-refractivity contribution in [1.82, 2.24) is 0 Å². The minimum atomic E-state index is -0.347. The zero-order chi connectivity index (χ0) is 13.8. The lowest BCUT2D eigenvalue weighted by Gasteiger charge is -2.35. The number of nitrogens with two attached hydrogens (primary N) is 1. The van der Waals surface area contributed by atoms with Crippen LogP contribution in [0.1, 0.15) is 30.1 Å². The highest BCUT2D eigenvalue weighted by atomic mass is 16.5. The van der Waals surface area contributed by atoms with E-state index in [9.17, 15) is 4.79 Å². The van der Waals surface area contributed by atoms with Crippen molar-refractivity contribution in [1.29, 1.82) is 0 Å². The van der Waals surface area contributed by atoms with Crippen molar-refractivity contribution in [2.75, 3.05) is 24.8 Å². The second-order valence-corrected chi connectivity index (χ2v) is 4.70. The van der Waals surface area contributed by atoms with Crippen LogP contribution in [0.25, 0.3) is 0 Å². The summed E-state index contributed by atoms with van der Waals surface area (Å²) < 4.78 is 10.3. The SMILES string of the molecule is CCOC(=O)c1cc(N)ccc1NC1CC(OC)C1. The molecule has 0 radical (unpaired) electrons. The van der Waals surface area contributed by atoms with Gasteiger partial charge in [-0.25, -0.2) is 4.79 Å². The Balaban J connectivity index is 2.09. The molecular formula is C14H20N2O3. The van der Waals surface area contributed by atoms with E-state index in [-0.39, 0.29) is 5.97 Å². The molecule has 0 aliphatic heterocycles. The number of benzene rings is 1. The second kappa shape index (κ2) is 5.93. The number of nitrogens with one attached hydrogen (secondary N) is 1. The summed E-state index contributed by atoms with van der Waals surface area (Å²) in [6.45, 7) is 2.13. The first-order valence-electron chi connectivity index (χ1n) is 6.50. The summed E-state index contributed by atoms with van der Waals surface area (Å²) in [5.41, 5.74) is 7.54. The van der Waals surface area contributed by atoms with Crippen LogP contribution in [0.2, 0.25) is 0 Å². The van der Waals surface area contributed by atoms with Crippen molar-refractivity contribution in [3.05, 3.63) is 23.8 Å². The maximum absolute atomic E-state index is 11.9. The van der Waals surface area contributed by atoms with Crippen LogP contribution in [0.3, 0.4) is 0 Å². The number of esters is 1. The fourth-order valence-electron chi connectivity index (χ4n) is 2.16. The number of methoxy groups -OCH3 is 1. The highest BCUT2D eigenvalue weighted by molar-refractivity contribution is 5.96. The minimum absolute atomic E-state index is 0.317. The lowest BCUT2D eigenvalue weighted by atomic mass is 9.89. The van der Waals surface area contributed by atoms with Crippen LogP contribution in [-0.2, 0) is 9.47 Å². The van der Waals surface area contributed by atoms with Crippen molar-refractivity contribution in [2.24, 2.45) is 0 Å². The number of carbonyl (C=O) groups is 1. The molecule has 0 spiro atoms. The Morgan fingerprint density at radius 2 is 2.21 bits per heavy atom. The Morgan fingerprint density at radius 1 is 1.47 bits per heavy atom. The third kappa shape index (κ3) is 3.17. The van der Waals surface area contributed by atoms with Crippen molar-refractivity contribution in [2.45, 2.75) is 31.9 Å². The summed E-state index contributed by atoms with van der Waals surface area (Å²) >= 11 is 0. The Labute approximate surface area is 113 Å². The lowest BCUT2D eigenvalue weighted by molar-refractivity contribution is 0.0328. The maximum atomic E-state index is 11.9. The monoisotopic (exact) mass is 264 g/mol. The molecule has 2 rings (SSSR count). The van der Waals surface area contributed by atoms with Crippen molar-refractivity contribution in [3.63, 3.8) is 0 Å². The van der Waals surface area contributed by atoms with Gasteiger partial charge in [-0.05, 0) is 38.0 Å². The van der Waals surface area contributed by atoms with Gasteiger partial charge in [-0.1, -0.05) is 0 Å². The molecule has 0 saturated heterocycles. The Hall–Kier alpha value is -1.75. The maximum Gasteiger partial charge on any atom is 0.340 e. The predicted molar refractivity (Wildman–Crippen MR) is 74.3 cm³/mol. The number of hydrogen-bond acceptors (Lipinski definition) is 5. The number of carbonyl (C=O) groups excluding carboxylic acids is 1. The van der Waals surface area contributed by atoms with Gasteiger partial charge in [0, 0.05) is 24.5 Å². The van der Waals surface area contributed by atoms with Crippen LogP contribution >= 0.6 is 0 Å². The first-order valence-corrected chi connectivity index (χ1v) is 6.50. The zero-order valence-corrected chi connectivity index (χ0v) is 11.3. The van der Waals surface area contributed by atoms with Gasteiger partial charge in [0.05, 0.1) is 18.3 Å². The van der Waals surface area contributed by atoms with Gasteiger partial charge in [0.1, 0.15) is 0 Å². The largest absolute Gasteiger partial charge is 0.462 e. The van der Waals surface area contributed by atoms with Gasteiger partial charge in [-0.15, -0.1) is 0 Å². The molecule has 1 aliphatic carbocycles. The van der Waals surface area contributed by atoms with Crippen molar-refractivity contribution >= 4 is 17.3 Å². The Bertz CT molecular complexity index is 456. The van der Waals surface area contributed by atoms with E-state index >= 15 is 0 Å². The van der Waals surface area contributed by atoms with Crippen molar-refractivity contribution < 1.29 is 14.3 Å². The van der Waals surface area contributed by atoms with Gasteiger partial charge in [0.25, 0.3) is 0 Å². The number of hydrogen-bond donors (Lipinski definition) is 2. The molecule has 0 aromatic heterocycles. The van der Waals surface area contributed by atoms with Crippen LogP contribution in [-0.4, -0.2) is 31.8 Å². The highest BCUT2D eigenvalue weighted by Crippen LogP contribution is 2.29. The van der Waals surface area contributed by atoms with E-state index in [0.29, 0.717) is 30.0 Å². The minimum Gasteiger partial charge on any atom is -0.462 e. The lowest BCUT2D eigenvalue weighted by Crippen LogP contribution is -2.40. The van der Waals surface area contributed by atoms with Crippen LogP contribution in [0.5, 0.6) is 0 Å². The van der Waals surface area contributed by atoms with Gasteiger partial charge >= 0.3 is 5.97 Å². The summed E-state index contributed by atoms with van der Waals surface area (Å²) in [5, 5.41) is 3.34. The first kappa shape index (κ1) is 13.7. The fraction of sp³-hybridized carbons (Fsp3) is 0.500. The number of nitrogen functional groups attached to an aromatic ring is 1. The molecule has 0 amide bonds. The summed E-state index contributed by atoms with van der Waals surface area (Å²) in [4.78, 5) is 11.9. The van der Waals surface area contributed by atoms with Crippen LogP contribution in [0, 0.1) is 0 Å². The first-order chi connectivity index (χ1) is 9.13. The predicted octanol–water partition coefficient (Wildman–Crippen LogP) is 2.03. The molecule has 0 bridgehead atoms. The topological polar surface area (TPSA) is 73.6 Å². The van der Waals surface area contributed by atoms with E-state index in [0.717, 1.165) is 18.5 Å². The van der Waals surface area contributed by atoms with Crippen LogP contribution in [0.15, 0.2) is 18.2 Å². The normalized spacial score (nSPS) is 21.6. The van der Waals surface area contributed by atoms with Gasteiger partial charge in [0.15, 0.2) is 0 Å². The molecule has 0 unspecified atom stereocenters. The zero-order valence-electron chi connectivity index (χ0n) is 11.3. The van der Waals surface area contributed by atoms with E-state index < -0.39 is 0 Å². The molecular weight excluding hydrogens is 244 g/mol. The summed E-state index contributed by atoms with van der Waals surface area (Å²) in [5.74, 6) is -0.347. The molecule has 104 valence electrons. The smallest absolute Gasteiger partial charge is 0.340 e. The molecule has 0 heterocycles. The van der Waals surface area contributed by atoms with E-state index in [1.165, 1.54) is 0 Å². The van der Waals surface area contributed by atoms with Gasteiger partial charge in [0.2, 0.25) is 0 Å². The Morgan fingerprint density at radius 3 is 2.84 bits per heavy atom. The molecule has 19 heavy (non-hydrogen) atoms. The quantitative estimate of drug-likeness (QED) is 0.629. The summed E-state index contributed by atoms with van der Waals surface area (Å²) in [6, 6.07) is 5.58. The van der Waals surface area contributed by atoms with Crippen LogP contribution in [0.4, 0.5) is 11.4 Å². The van der Waals surface area contributed by atoms with E-state index in [1.54, 1.807) is 26.2 Å². The number of rotatable bonds is 5. The number of ether oxygens (including phenoxy) is 2.